The highest BCUT2D eigenvalue weighted by atomic mass is 19.1. The predicted octanol–water partition coefficient (Wildman–Crippen LogP) is 2.83. The van der Waals surface area contributed by atoms with E-state index in [-0.39, 0.29) is 29.4 Å². The summed E-state index contributed by atoms with van der Waals surface area (Å²) >= 11 is 0. The molecule has 0 atom stereocenters. The molecule has 160 valence electrons. The number of nitrogens with one attached hydrogen (secondary N) is 2. The average Bonchev–Trinajstić information content (AvgIpc) is 3.49. The normalized spacial score (nSPS) is 13.1. The van der Waals surface area contributed by atoms with E-state index in [4.69, 9.17) is 0 Å². The van der Waals surface area contributed by atoms with E-state index in [1.54, 1.807) is 47.1 Å². The summed E-state index contributed by atoms with van der Waals surface area (Å²) in [5.74, 6) is -0.704. The zero-order chi connectivity index (χ0) is 21.8. The fourth-order valence-electron chi connectivity index (χ4n) is 3.36. The molecule has 0 bridgehead atoms. The number of benzene rings is 2. The number of aromatic nitrogens is 3. The lowest BCUT2D eigenvalue weighted by atomic mass is 10.1. The van der Waals surface area contributed by atoms with Crippen LogP contribution in [-0.2, 0) is 12.8 Å². The Balaban J connectivity index is 1.63. The first-order valence-electron chi connectivity index (χ1n) is 10.4. The first kappa shape index (κ1) is 20.7. The number of aryl methyl sites for hydroxylation is 1. The minimum absolute atomic E-state index is 0.156. The molecule has 1 heterocycles. The Morgan fingerprint density at radius 1 is 1.06 bits per heavy atom. The minimum atomic E-state index is -0.281. The van der Waals surface area contributed by atoms with Gasteiger partial charge in [-0.15, -0.1) is 5.10 Å². The highest BCUT2D eigenvalue weighted by molar-refractivity contribution is 5.94. The second-order valence-electron chi connectivity index (χ2n) is 7.54. The van der Waals surface area contributed by atoms with Gasteiger partial charge in [0.2, 0.25) is 0 Å². The summed E-state index contributed by atoms with van der Waals surface area (Å²) in [6, 6.07) is 13.7. The van der Waals surface area contributed by atoms with E-state index in [0.717, 1.165) is 12.8 Å². The smallest absolute Gasteiger partial charge is 0.273 e. The predicted molar refractivity (Wildman–Crippen MR) is 114 cm³/mol. The van der Waals surface area contributed by atoms with Crippen LogP contribution in [0.3, 0.4) is 0 Å². The van der Waals surface area contributed by atoms with Crippen molar-refractivity contribution in [2.75, 3.05) is 6.54 Å². The van der Waals surface area contributed by atoms with Gasteiger partial charge in [-0.25, -0.2) is 9.07 Å². The first-order chi connectivity index (χ1) is 15.1. The van der Waals surface area contributed by atoms with Gasteiger partial charge in [-0.05, 0) is 68.5 Å². The van der Waals surface area contributed by atoms with Gasteiger partial charge in [0.1, 0.15) is 5.82 Å². The first-order valence-corrected chi connectivity index (χ1v) is 10.4. The zero-order valence-electron chi connectivity index (χ0n) is 17.3. The van der Waals surface area contributed by atoms with Crippen molar-refractivity contribution in [1.29, 1.82) is 0 Å². The maximum absolute atomic E-state index is 14.1. The SMILES string of the molecule is CCNC(=O)c1ccc(-n2nnc(C(=O)NC3CC3)c2CCc2ccccc2F)cc1. The van der Waals surface area contributed by atoms with Gasteiger partial charge in [-0.1, -0.05) is 23.4 Å². The molecule has 1 saturated carbocycles. The van der Waals surface area contributed by atoms with Crippen molar-refractivity contribution in [2.45, 2.75) is 38.6 Å². The fourth-order valence-corrected chi connectivity index (χ4v) is 3.36. The second-order valence-corrected chi connectivity index (χ2v) is 7.54. The molecule has 3 aromatic rings. The molecule has 0 unspecified atom stereocenters. The number of hydrogen-bond acceptors (Lipinski definition) is 4. The van der Waals surface area contributed by atoms with Crippen molar-refractivity contribution in [3.63, 3.8) is 0 Å². The van der Waals surface area contributed by atoms with Gasteiger partial charge in [-0.2, -0.15) is 0 Å². The Hall–Kier alpha value is -3.55. The van der Waals surface area contributed by atoms with Gasteiger partial charge in [0.25, 0.3) is 11.8 Å². The van der Waals surface area contributed by atoms with E-state index in [0.29, 0.717) is 41.9 Å². The van der Waals surface area contributed by atoms with Crippen LogP contribution in [0.5, 0.6) is 0 Å². The largest absolute Gasteiger partial charge is 0.352 e. The molecule has 0 spiro atoms. The molecule has 1 aliphatic rings. The van der Waals surface area contributed by atoms with Crippen LogP contribution in [0.25, 0.3) is 5.69 Å². The maximum atomic E-state index is 14.1. The summed E-state index contributed by atoms with van der Waals surface area (Å²) in [6.45, 7) is 2.40. The van der Waals surface area contributed by atoms with Crippen molar-refractivity contribution in [3.8, 4) is 5.69 Å². The highest BCUT2D eigenvalue weighted by Gasteiger charge is 2.28. The summed E-state index contributed by atoms with van der Waals surface area (Å²) in [7, 11) is 0. The van der Waals surface area contributed by atoms with Crippen LogP contribution in [0.1, 0.15) is 51.9 Å². The molecule has 2 aromatic carbocycles. The van der Waals surface area contributed by atoms with Gasteiger partial charge >= 0.3 is 0 Å². The van der Waals surface area contributed by atoms with Crippen molar-refractivity contribution >= 4 is 11.8 Å². The van der Waals surface area contributed by atoms with Crippen molar-refractivity contribution < 1.29 is 14.0 Å². The summed E-state index contributed by atoms with van der Waals surface area (Å²) in [4.78, 5) is 24.7. The van der Waals surface area contributed by atoms with Crippen LogP contribution in [-0.4, -0.2) is 39.4 Å². The van der Waals surface area contributed by atoms with Crippen LogP contribution < -0.4 is 10.6 Å². The third-order valence-electron chi connectivity index (χ3n) is 5.19. The van der Waals surface area contributed by atoms with E-state index in [9.17, 15) is 14.0 Å². The molecule has 1 aromatic heterocycles. The summed E-state index contributed by atoms with van der Waals surface area (Å²) < 4.78 is 15.7. The van der Waals surface area contributed by atoms with Crippen molar-refractivity contribution in [1.82, 2.24) is 25.6 Å². The zero-order valence-corrected chi connectivity index (χ0v) is 17.3. The fraction of sp³-hybridized carbons (Fsp3) is 0.304. The lowest BCUT2D eigenvalue weighted by molar-refractivity contribution is 0.0940. The Morgan fingerprint density at radius 2 is 1.81 bits per heavy atom. The summed E-state index contributed by atoms with van der Waals surface area (Å²) in [5.41, 5.74) is 2.62. The highest BCUT2D eigenvalue weighted by Crippen LogP contribution is 2.21. The van der Waals surface area contributed by atoms with Crippen LogP contribution in [0.2, 0.25) is 0 Å². The average molecular weight is 421 g/mol. The van der Waals surface area contributed by atoms with E-state index in [1.807, 2.05) is 6.92 Å². The Kier molecular flexibility index (Phi) is 6.06. The number of rotatable bonds is 8. The van der Waals surface area contributed by atoms with Crippen LogP contribution in [0.15, 0.2) is 48.5 Å². The van der Waals surface area contributed by atoms with Crippen LogP contribution >= 0.6 is 0 Å². The minimum Gasteiger partial charge on any atom is -0.352 e. The molecule has 1 aliphatic carbocycles. The molecule has 4 rings (SSSR count). The van der Waals surface area contributed by atoms with Crippen LogP contribution in [0.4, 0.5) is 4.39 Å². The number of carbonyl (C=O) groups is 2. The standard InChI is InChI=1S/C23H24FN5O2/c1-2-25-22(30)16-7-12-18(13-8-16)29-20(14-9-15-5-3-4-6-19(15)24)21(27-28-29)23(31)26-17-10-11-17/h3-8,12-13,17H,2,9-11,14H2,1H3,(H,25,30)(H,26,31). The second kappa shape index (κ2) is 9.07. The number of nitrogens with zero attached hydrogens (tertiary/aromatic N) is 3. The van der Waals surface area contributed by atoms with E-state index >= 15 is 0 Å². The molecule has 7 nitrogen and oxygen atoms in total. The molecule has 1 fully saturated rings. The Labute approximate surface area is 179 Å². The van der Waals surface area contributed by atoms with Gasteiger partial charge in [0.05, 0.1) is 11.4 Å². The topological polar surface area (TPSA) is 88.9 Å². The third-order valence-corrected chi connectivity index (χ3v) is 5.19. The molecule has 2 amide bonds. The molecule has 31 heavy (non-hydrogen) atoms. The number of halogens is 1. The van der Waals surface area contributed by atoms with Crippen molar-refractivity contribution in [2.24, 2.45) is 0 Å². The summed E-state index contributed by atoms with van der Waals surface area (Å²) in [6.07, 6.45) is 2.72. The van der Waals surface area contributed by atoms with Crippen LogP contribution in [0, 0.1) is 5.82 Å². The third kappa shape index (κ3) is 4.79. The lowest BCUT2D eigenvalue weighted by Gasteiger charge is -2.10. The quantitative estimate of drug-likeness (QED) is 0.585. The molecule has 0 radical (unpaired) electrons. The van der Waals surface area contributed by atoms with Gasteiger partial charge < -0.3 is 10.6 Å². The monoisotopic (exact) mass is 421 g/mol. The summed E-state index contributed by atoms with van der Waals surface area (Å²) in [5, 5.41) is 14.0. The molecule has 0 saturated heterocycles. The molecular formula is C23H24FN5O2. The van der Waals surface area contributed by atoms with E-state index in [1.165, 1.54) is 6.07 Å². The Morgan fingerprint density at radius 3 is 2.48 bits per heavy atom. The molecule has 0 aliphatic heterocycles. The van der Waals surface area contributed by atoms with Gasteiger partial charge in [0, 0.05) is 18.2 Å². The maximum Gasteiger partial charge on any atom is 0.273 e. The number of carbonyl (C=O) groups excluding carboxylic acids is 2. The van der Waals surface area contributed by atoms with Gasteiger partial charge in [-0.3, -0.25) is 9.59 Å². The molecule has 8 heteroatoms. The van der Waals surface area contributed by atoms with Crippen molar-refractivity contribution in [3.05, 3.63) is 76.9 Å². The lowest BCUT2D eigenvalue weighted by Crippen LogP contribution is -2.27. The molecule has 2 N–H and O–H groups in total. The number of hydrogen-bond donors (Lipinski definition) is 2. The van der Waals surface area contributed by atoms with Gasteiger partial charge in [0.15, 0.2) is 5.69 Å². The van der Waals surface area contributed by atoms with E-state index < -0.39 is 0 Å². The van der Waals surface area contributed by atoms with E-state index in [2.05, 4.69) is 20.9 Å². The molecular weight excluding hydrogens is 397 g/mol. The Bertz CT molecular complexity index is 1090. The number of amides is 2.